The Morgan fingerprint density at radius 1 is 1.75 bits per heavy atom. The second-order valence-corrected chi connectivity index (χ2v) is 2.64. The smallest absolute Gasteiger partial charge is 0.252 e. The molecule has 63 valence electrons. The number of hydrogen-bond donors (Lipinski definition) is 1. The molecule has 1 N–H and O–H groups in total. The molecule has 1 amide bonds. The summed E-state index contributed by atoms with van der Waals surface area (Å²) in [6.45, 7) is 2.46. The summed E-state index contributed by atoms with van der Waals surface area (Å²) in [5, 5.41) is 3.02. The summed E-state index contributed by atoms with van der Waals surface area (Å²) in [5.41, 5.74) is 0.473. The largest absolute Gasteiger partial charge is 0.352 e. The van der Waals surface area contributed by atoms with E-state index in [4.69, 9.17) is 11.6 Å². The van der Waals surface area contributed by atoms with Crippen LogP contribution in [0, 0.1) is 6.07 Å². The summed E-state index contributed by atoms with van der Waals surface area (Å²) in [6, 6.07) is 7.82. The molecule has 12 heavy (non-hydrogen) atoms. The van der Waals surface area contributed by atoms with E-state index in [-0.39, 0.29) is 5.91 Å². The minimum absolute atomic E-state index is 0.153. The van der Waals surface area contributed by atoms with Gasteiger partial charge in [0.25, 0.3) is 5.91 Å². The van der Waals surface area contributed by atoms with Crippen LogP contribution in [0.1, 0.15) is 17.3 Å². The number of rotatable bonds is 2. The van der Waals surface area contributed by atoms with Crippen LogP contribution in [0.3, 0.4) is 0 Å². The fourth-order valence-electron chi connectivity index (χ4n) is 0.848. The van der Waals surface area contributed by atoms with Crippen molar-refractivity contribution in [3.05, 3.63) is 34.9 Å². The van der Waals surface area contributed by atoms with Crippen molar-refractivity contribution in [2.45, 2.75) is 6.92 Å². The summed E-state index contributed by atoms with van der Waals surface area (Å²) in [7, 11) is 0. The topological polar surface area (TPSA) is 29.1 Å². The van der Waals surface area contributed by atoms with Gasteiger partial charge in [0, 0.05) is 12.6 Å². The summed E-state index contributed by atoms with van der Waals surface area (Å²) < 4.78 is 0. The number of hydrogen-bond acceptors (Lipinski definition) is 1. The molecule has 0 aliphatic rings. The first-order valence-corrected chi connectivity index (χ1v) is 4.08. The van der Waals surface area contributed by atoms with E-state index in [1.54, 1.807) is 18.2 Å². The highest BCUT2D eigenvalue weighted by atomic mass is 35.5. The highest BCUT2D eigenvalue weighted by molar-refractivity contribution is 6.33. The fraction of sp³-hybridized carbons (Fsp3) is 0.222. The van der Waals surface area contributed by atoms with Crippen LogP contribution in [-0.2, 0) is 0 Å². The number of carbonyl (C=O) groups excluding carboxylic acids is 1. The van der Waals surface area contributed by atoms with Crippen LogP contribution in [0.2, 0.25) is 5.02 Å². The van der Waals surface area contributed by atoms with E-state index in [1.165, 1.54) is 0 Å². The molecule has 1 aromatic carbocycles. The zero-order valence-electron chi connectivity index (χ0n) is 6.73. The Balaban J connectivity index is 2.87. The summed E-state index contributed by atoms with van der Waals surface area (Å²) in [6.07, 6.45) is 0. The third-order valence-corrected chi connectivity index (χ3v) is 1.70. The van der Waals surface area contributed by atoms with Crippen LogP contribution in [-0.4, -0.2) is 12.5 Å². The highest BCUT2D eigenvalue weighted by Crippen LogP contribution is 2.13. The first-order valence-electron chi connectivity index (χ1n) is 3.70. The molecule has 0 saturated heterocycles. The van der Waals surface area contributed by atoms with Gasteiger partial charge < -0.3 is 5.32 Å². The molecule has 0 saturated carbocycles. The molecule has 0 aliphatic heterocycles. The van der Waals surface area contributed by atoms with Crippen molar-refractivity contribution in [1.82, 2.24) is 5.32 Å². The molecule has 0 bridgehead atoms. The van der Waals surface area contributed by atoms with Gasteiger partial charge in [-0.05, 0) is 13.0 Å². The van der Waals surface area contributed by atoms with Crippen molar-refractivity contribution in [2.75, 3.05) is 6.54 Å². The molecule has 1 radical (unpaired) electrons. The molecule has 0 fully saturated rings. The monoisotopic (exact) mass is 182 g/mol. The van der Waals surface area contributed by atoms with Gasteiger partial charge in [-0.1, -0.05) is 23.7 Å². The van der Waals surface area contributed by atoms with Crippen molar-refractivity contribution in [1.29, 1.82) is 0 Å². The minimum Gasteiger partial charge on any atom is -0.352 e. The molecule has 0 unspecified atom stereocenters. The summed E-state index contributed by atoms with van der Waals surface area (Å²) in [5.74, 6) is -0.153. The Labute approximate surface area is 76.5 Å². The number of amides is 1. The number of halogens is 1. The summed E-state index contributed by atoms with van der Waals surface area (Å²) >= 11 is 5.74. The lowest BCUT2D eigenvalue weighted by molar-refractivity contribution is 0.0956. The average Bonchev–Trinajstić information content (AvgIpc) is 2.05. The van der Waals surface area contributed by atoms with Gasteiger partial charge in [0.2, 0.25) is 0 Å². The molecule has 0 aliphatic carbocycles. The van der Waals surface area contributed by atoms with Crippen molar-refractivity contribution in [3.63, 3.8) is 0 Å². The number of nitrogens with one attached hydrogen (secondary N) is 1. The maximum Gasteiger partial charge on any atom is 0.252 e. The van der Waals surface area contributed by atoms with Crippen molar-refractivity contribution >= 4 is 17.5 Å². The Kier molecular flexibility index (Phi) is 3.11. The van der Waals surface area contributed by atoms with Crippen LogP contribution >= 0.6 is 11.6 Å². The molecule has 0 aromatic heterocycles. The van der Waals surface area contributed by atoms with Gasteiger partial charge in [-0.3, -0.25) is 4.79 Å². The lowest BCUT2D eigenvalue weighted by atomic mass is 10.2. The lowest BCUT2D eigenvalue weighted by Gasteiger charge is -2.02. The third kappa shape index (κ3) is 1.98. The second-order valence-electron chi connectivity index (χ2n) is 2.26. The zero-order chi connectivity index (χ0) is 8.97. The lowest BCUT2D eigenvalue weighted by Crippen LogP contribution is -2.22. The first-order chi connectivity index (χ1) is 5.75. The van der Waals surface area contributed by atoms with Crippen LogP contribution in [0.4, 0.5) is 0 Å². The van der Waals surface area contributed by atoms with E-state index in [0.717, 1.165) is 0 Å². The van der Waals surface area contributed by atoms with E-state index in [2.05, 4.69) is 11.4 Å². The molecule has 0 spiro atoms. The van der Waals surface area contributed by atoms with Gasteiger partial charge in [0.05, 0.1) is 10.6 Å². The molecule has 3 heteroatoms. The normalized spacial score (nSPS) is 9.50. The molecule has 1 aromatic rings. The van der Waals surface area contributed by atoms with E-state index in [1.807, 2.05) is 6.92 Å². The van der Waals surface area contributed by atoms with Gasteiger partial charge in [-0.25, -0.2) is 0 Å². The van der Waals surface area contributed by atoms with E-state index < -0.39 is 0 Å². The van der Waals surface area contributed by atoms with Crippen LogP contribution in [0.15, 0.2) is 18.2 Å². The minimum atomic E-state index is -0.153. The third-order valence-electron chi connectivity index (χ3n) is 1.39. The maximum atomic E-state index is 11.2. The standard InChI is InChI=1S/C9H9ClNO/c1-2-11-9(12)7-5-3-4-6-8(7)10/h3-5H,2H2,1H3,(H,11,12). The average molecular weight is 183 g/mol. The highest BCUT2D eigenvalue weighted by Gasteiger charge is 2.06. The van der Waals surface area contributed by atoms with Crippen molar-refractivity contribution in [3.8, 4) is 0 Å². The second kappa shape index (κ2) is 4.12. The van der Waals surface area contributed by atoms with Crippen LogP contribution in [0.25, 0.3) is 0 Å². The number of carbonyl (C=O) groups is 1. The van der Waals surface area contributed by atoms with Gasteiger partial charge in [0.1, 0.15) is 0 Å². The Morgan fingerprint density at radius 3 is 3.08 bits per heavy atom. The van der Waals surface area contributed by atoms with E-state index >= 15 is 0 Å². The SMILES string of the molecule is CCNC(=O)c1ccc[c]c1Cl. The van der Waals surface area contributed by atoms with Gasteiger partial charge >= 0.3 is 0 Å². The van der Waals surface area contributed by atoms with E-state index in [0.29, 0.717) is 17.1 Å². The fourth-order valence-corrected chi connectivity index (χ4v) is 1.06. The van der Waals surface area contributed by atoms with Crippen LogP contribution < -0.4 is 5.32 Å². The van der Waals surface area contributed by atoms with Gasteiger partial charge in [-0.15, -0.1) is 0 Å². The van der Waals surface area contributed by atoms with E-state index in [9.17, 15) is 4.79 Å². The molecular weight excluding hydrogens is 174 g/mol. The quantitative estimate of drug-likeness (QED) is 0.744. The molecule has 0 heterocycles. The maximum absolute atomic E-state index is 11.2. The molecular formula is C9H9ClNO. The van der Waals surface area contributed by atoms with Crippen LogP contribution in [0.5, 0.6) is 0 Å². The molecule has 0 atom stereocenters. The van der Waals surface area contributed by atoms with Gasteiger partial charge in [0.15, 0.2) is 0 Å². The van der Waals surface area contributed by atoms with Crippen molar-refractivity contribution in [2.24, 2.45) is 0 Å². The molecule has 2 nitrogen and oxygen atoms in total. The predicted octanol–water partition coefficient (Wildman–Crippen LogP) is 1.89. The van der Waals surface area contributed by atoms with Gasteiger partial charge in [-0.2, -0.15) is 0 Å². The Hall–Kier alpha value is -1.02. The van der Waals surface area contributed by atoms with Crippen molar-refractivity contribution < 1.29 is 4.79 Å². The predicted molar refractivity (Wildman–Crippen MR) is 48.3 cm³/mol. The molecule has 1 rings (SSSR count). The number of benzene rings is 1. The summed E-state index contributed by atoms with van der Waals surface area (Å²) in [4.78, 5) is 11.2. The Bertz CT molecular complexity index is 286. The first kappa shape index (κ1) is 9.07. The zero-order valence-corrected chi connectivity index (χ0v) is 7.48. The Morgan fingerprint density at radius 2 is 2.50 bits per heavy atom.